The van der Waals surface area contributed by atoms with E-state index in [1.165, 1.54) is 18.4 Å². The van der Waals surface area contributed by atoms with Crippen molar-refractivity contribution in [1.82, 2.24) is 5.32 Å². The minimum absolute atomic E-state index is 0.368. The summed E-state index contributed by atoms with van der Waals surface area (Å²) in [4.78, 5) is 13.2. The van der Waals surface area contributed by atoms with Crippen molar-refractivity contribution in [3.63, 3.8) is 0 Å². The smallest absolute Gasteiger partial charge is 0.406 e. The number of ether oxygens (including phenoxy) is 1. The van der Waals surface area contributed by atoms with E-state index in [4.69, 9.17) is 0 Å². The highest BCUT2D eigenvalue weighted by Gasteiger charge is 2.17. The van der Waals surface area contributed by atoms with Crippen LogP contribution in [0.15, 0.2) is 24.3 Å². The van der Waals surface area contributed by atoms with Crippen LogP contribution in [-0.4, -0.2) is 32.8 Å². The maximum Gasteiger partial charge on any atom is 0.406 e. The zero-order valence-electron chi connectivity index (χ0n) is 9.40. The number of hydrogen-bond donors (Lipinski definition) is 1. The first kappa shape index (κ1) is 10.8. The van der Waals surface area contributed by atoms with Gasteiger partial charge in [-0.05, 0) is 18.1 Å². The SMILES string of the molecule is COC(=O)NCCN1CCc2ccccc21. The lowest BCUT2D eigenvalue weighted by atomic mass is 10.2. The molecule has 0 aliphatic carbocycles. The molecule has 1 amide bonds. The van der Waals surface area contributed by atoms with Gasteiger partial charge >= 0.3 is 6.09 Å². The second-order valence-corrected chi connectivity index (χ2v) is 3.78. The van der Waals surface area contributed by atoms with Crippen LogP contribution in [0.3, 0.4) is 0 Å². The third kappa shape index (κ3) is 2.27. The standard InChI is InChI=1S/C12H16N2O2/c1-16-12(15)13-7-9-14-8-6-10-4-2-3-5-11(10)14/h2-5H,6-9H2,1H3,(H,13,15). The van der Waals surface area contributed by atoms with Gasteiger partial charge in [0.05, 0.1) is 7.11 Å². The van der Waals surface area contributed by atoms with Gasteiger partial charge in [0.25, 0.3) is 0 Å². The van der Waals surface area contributed by atoms with E-state index in [0.29, 0.717) is 6.54 Å². The van der Waals surface area contributed by atoms with Gasteiger partial charge < -0.3 is 15.0 Å². The average molecular weight is 220 g/mol. The molecule has 0 atom stereocenters. The maximum absolute atomic E-state index is 10.9. The molecule has 4 nitrogen and oxygen atoms in total. The molecule has 1 aromatic rings. The van der Waals surface area contributed by atoms with Crippen molar-refractivity contribution < 1.29 is 9.53 Å². The maximum atomic E-state index is 10.9. The molecule has 4 heteroatoms. The summed E-state index contributed by atoms with van der Waals surface area (Å²) in [7, 11) is 1.38. The fraction of sp³-hybridized carbons (Fsp3) is 0.417. The Hall–Kier alpha value is -1.71. The van der Waals surface area contributed by atoms with E-state index in [1.54, 1.807) is 0 Å². The molecule has 1 heterocycles. The third-order valence-corrected chi connectivity index (χ3v) is 2.82. The van der Waals surface area contributed by atoms with Crippen molar-refractivity contribution >= 4 is 11.8 Å². The first-order valence-corrected chi connectivity index (χ1v) is 5.46. The second kappa shape index (κ2) is 4.88. The number of methoxy groups -OCH3 is 1. The lowest BCUT2D eigenvalue weighted by molar-refractivity contribution is 0.171. The molecule has 16 heavy (non-hydrogen) atoms. The van der Waals surface area contributed by atoms with E-state index >= 15 is 0 Å². The van der Waals surface area contributed by atoms with Gasteiger partial charge in [0.1, 0.15) is 0 Å². The van der Waals surface area contributed by atoms with E-state index in [-0.39, 0.29) is 6.09 Å². The Balaban J connectivity index is 1.86. The molecule has 0 saturated carbocycles. The van der Waals surface area contributed by atoms with Gasteiger partial charge in [-0.2, -0.15) is 0 Å². The Kier molecular flexibility index (Phi) is 3.29. The molecule has 0 radical (unpaired) electrons. The number of amides is 1. The fourth-order valence-corrected chi connectivity index (χ4v) is 2.00. The lowest BCUT2D eigenvalue weighted by Gasteiger charge is -2.19. The summed E-state index contributed by atoms with van der Waals surface area (Å²) >= 11 is 0. The molecule has 2 rings (SSSR count). The van der Waals surface area contributed by atoms with E-state index in [2.05, 4.69) is 33.2 Å². The summed E-state index contributed by atoms with van der Waals surface area (Å²) in [6, 6.07) is 8.39. The Morgan fingerprint density at radius 1 is 1.50 bits per heavy atom. The first-order chi connectivity index (χ1) is 7.81. The molecule has 1 aliphatic heterocycles. The van der Waals surface area contributed by atoms with Gasteiger partial charge in [-0.25, -0.2) is 4.79 Å². The summed E-state index contributed by atoms with van der Waals surface area (Å²) in [5.74, 6) is 0. The topological polar surface area (TPSA) is 41.6 Å². The van der Waals surface area contributed by atoms with Crippen LogP contribution < -0.4 is 10.2 Å². The molecule has 1 aromatic carbocycles. The minimum atomic E-state index is -0.368. The van der Waals surface area contributed by atoms with E-state index in [0.717, 1.165) is 19.5 Å². The molecule has 0 saturated heterocycles. The van der Waals surface area contributed by atoms with Gasteiger partial charge in [0.15, 0.2) is 0 Å². The highest BCUT2D eigenvalue weighted by atomic mass is 16.5. The van der Waals surface area contributed by atoms with Crippen molar-refractivity contribution in [2.45, 2.75) is 6.42 Å². The predicted molar refractivity (Wildman–Crippen MR) is 62.8 cm³/mol. The third-order valence-electron chi connectivity index (χ3n) is 2.82. The number of benzene rings is 1. The van der Waals surface area contributed by atoms with Crippen LogP contribution in [0.1, 0.15) is 5.56 Å². The lowest BCUT2D eigenvalue weighted by Crippen LogP contribution is -2.33. The normalized spacial score (nSPS) is 13.4. The number of fused-ring (bicyclic) bond motifs is 1. The fourth-order valence-electron chi connectivity index (χ4n) is 2.00. The van der Waals surface area contributed by atoms with E-state index < -0.39 is 0 Å². The minimum Gasteiger partial charge on any atom is -0.453 e. The Morgan fingerprint density at radius 2 is 2.31 bits per heavy atom. The number of para-hydroxylation sites is 1. The van der Waals surface area contributed by atoms with Crippen LogP contribution in [0, 0.1) is 0 Å². The molecule has 86 valence electrons. The highest BCUT2D eigenvalue weighted by Crippen LogP contribution is 2.26. The summed E-state index contributed by atoms with van der Waals surface area (Å²) in [5, 5.41) is 2.69. The van der Waals surface area contributed by atoms with Crippen molar-refractivity contribution in [3.05, 3.63) is 29.8 Å². The van der Waals surface area contributed by atoms with Crippen LogP contribution in [0.5, 0.6) is 0 Å². The number of anilines is 1. The van der Waals surface area contributed by atoms with Gasteiger partial charge in [-0.15, -0.1) is 0 Å². The van der Waals surface area contributed by atoms with Crippen LogP contribution in [0.4, 0.5) is 10.5 Å². The molecule has 1 aliphatic rings. The van der Waals surface area contributed by atoms with Gasteiger partial charge in [-0.3, -0.25) is 0 Å². The molecule has 0 bridgehead atoms. The molecule has 0 fully saturated rings. The number of hydrogen-bond acceptors (Lipinski definition) is 3. The summed E-state index contributed by atoms with van der Waals surface area (Å²) in [5.41, 5.74) is 2.68. The number of nitrogens with one attached hydrogen (secondary N) is 1. The largest absolute Gasteiger partial charge is 0.453 e. The zero-order chi connectivity index (χ0) is 11.4. The number of nitrogens with zero attached hydrogens (tertiary/aromatic N) is 1. The Labute approximate surface area is 95.2 Å². The van der Waals surface area contributed by atoms with Crippen molar-refractivity contribution in [3.8, 4) is 0 Å². The quantitative estimate of drug-likeness (QED) is 0.837. The Bertz CT molecular complexity index is 379. The Morgan fingerprint density at radius 3 is 3.12 bits per heavy atom. The monoisotopic (exact) mass is 220 g/mol. The first-order valence-electron chi connectivity index (χ1n) is 5.46. The van der Waals surface area contributed by atoms with E-state index in [9.17, 15) is 4.79 Å². The summed E-state index contributed by atoms with van der Waals surface area (Å²) in [6.07, 6.45) is 0.724. The van der Waals surface area contributed by atoms with Crippen LogP contribution >= 0.6 is 0 Å². The highest BCUT2D eigenvalue weighted by molar-refractivity contribution is 5.67. The van der Waals surface area contributed by atoms with Crippen molar-refractivity contribution in [2.24, 2.45) is 0 Å². The van der Waals surface area contributed by atoms with Crippen molar-refractivity contribution in [2.75, 3.05) is 31.6 Å². The zero-order valence-corrected chi connectivity index (χ0v) is 9.40. The van der Waals surface area contributed by atoms with E-state index in [1.807, 2.05) is 6.07 Å². The second-order valence-electron chi connectivity index (χ2n) is 3.78. The van der Waals surface area contributed by atoms with Gasteiger partial charge in [0.2, 0.25) is 0 Å². The summed E-state index contributed by atoms with van der Waals surface area (Å²) < 4.78 is 4.52. The molecule has 0 unspecified atom stereocenters. The van der Waals surface area contributed by atoms with Gasteiger partial charge in [-0.1, -0.05) is 18.2 Å². The predicted octanol–water partition coefficient (Wildman–Crippen LogP) is 1.41. The van der Waals surface area contributed by atoms with Crippen LogP contribution in [0.2, 0.25) is 0 Å². The molecule has 1 N–H and O–H groups in total. The molecule has 0 spiro atoms. The van der Waals surface area contributed by atoms with Crippen LogP contribution in [-0.2, 0) is 11.2 Å². The van der Waals surface area contributed by atoms with Gasteiger partial charge in [0, 0.05) is 25.3 Å². The summed E-state index contributed by atoms with van der Waals surface area (Å²) in [6.45, 7) is 2.47. The van der Waals surface area contributed by atoms with Crippen molar-refractivity contribution in [1.29, 1.82) is 0 Å². The number of alkyl carbamates (subject to hydrolysis) is 1. The van der Waals surface area contributed by atoms with Crippen LogP contribution in [0.25, 0.3) is 0 Å². The number of rotatable bonds is 3. The molecular formula is C12H16N2O2. The molecule has 0 aromatic heterocycles. The number of carbonyl (C=O) groups is 1. The number of carbonyl (C=O) groups excluding carboxylic acids is 1. The molecular weight excluding hydrogens is 204 g/mol. The average Bonchev–Trinajstić information content (AvgIpc) is 2.73.